The van der Waals surface area contributed by atoms with Gasteiger partial charge in [0.05, 0.1) is 12.1 Å². The molecule has 0 bridgehead atoms. The maximum absolute atomic E-state index is 12.1. The zero-order chi connectivity index (χ0) is 12.6. The smallest absolute Gasteiger partial charge is 0.410 e. The molecule has 1 amide bonds. The van der Waals surface area contributed by atoms with Gasteiger partial charge >= 0.3 is 6.09 Å². The molecule has 3 atom stereocenters. The molecular formula is C13H23NO3. The highest BCUT2D eigenvalue weighted by atomic mass is 16.6. The van der Waals surface area contributed by atoms with Gasteiger partial charge in [-0.2, -0.15) is 0 Å². The fourth-order valence-corrected chi connectivity index (χ4v) is 3.01. The van der Waals surface area contributed by atoms with E-state index in [0.29, 0.717) is 5.92 Å². The summed E-state index contributed by atoms with van der Waals surface area (Å²) in [6.07, 6.45) is 3.36. The predicted octanol–water partition coefficient (Wildman–Crippen LogP) is 2.16. The van der Waals surface area contributed by atoms with Gasteiger partial charge < -0.3 is 14.7 Å². The third-order valence-corrected chi connectivity index (χ3v) is 3.68. The summed E-state index contributed by atoms with van der Waals surface area (Å²) in [5.74, 6) is 0.464. The minimum Gasteiger partial charge on any atom is -0.444 e. The van der Waals surface area contributed by atoms with Crippen LogP contribution >= 0.6 is 0 Å². The summed E-state index contributed by atoms with van der Waals surface area (Å²) in [5, 5.41) is 10.0. The van der Waals surface area contributed by atoms with E-state index in [2.05, 4.69) is 0 Å². The Balaban J connectivity index is 2.04. The molecule has 1 aliphatic heterocycles. The lowest BCUT2D eigenvalue weighted by atomic mass is 9.83. The highest BCUT2D eigenvalue weighted by Gasteiger charge is 2.44. The van der Waals surface area contributed by atoms with E-state index in [1.54, 1.807) is 4.90 Å². The van der Waals surface area contributed by atoms with Gasteiger partial charge in [0.15, 0.2) is 0 Å². The molecular weight excluding hydrogens is 218 g/mol. The average molecular weight is 241 g/mol. The van der Waals surface area contributed by atoms with Crippen molar-refractivity contribution in [3.63, 3.8) is 0 Å². The molecule has 2 fully saturated rings. The van der Waals surface area contributed by atoms with Crippen molar-refractivity contribution >= 4 is 6.09 Å². The molecule has 2 rings (SSSR count). The molecule has 17 heavy (non-hydrogen) atoms. The third-order valence-electron chi connectivity index (χ3n) is 3.68. The van der Waals surface area contributed by atoms with Gasteiger partial charge in [0.2, 0.25) is 0 Å². The summed E-state index contributed by atoms with van der Waals surface area (Å²) < 4.78 is 5.39. The van der Waals surface area contributed by atoms with Gasteiger partial charge in [-0.15, -0.1) is 0 Å². The zero-order valence-corrected chi connectivity index (χ0v) is 11.0. The molecule has 1 heterocycles. The molecule has 1 aliphatic carbocycles. The van der Waals surface area contributed by atoms with Gasteiger partial charge in [0.1, 0.15) is 5.60 Å². The average Bonchev–Trinajstić information content (AvgIpc) is 2.60. The van der Waals surface area contributed by atoms with Crippen molar-refractivity contribution < 1.29 is 14.6 Å². The van der Waals surface area contributed by atoms with Crippen molar-refractivity contribution in [2.75, 3.05) is 6.54 Å². The molecule has 1 saturated heterocycles. The first-order valence-corrected chi connectivity index (χ1v) is 6.56. The van der Waals surface area contributed by atoms with Crippen molar-refractivity contribution in [3.8, 4) is 0 Å². The van der Waals surface area contributed by atoms with Crippen LogP contribution in [-0.2, 0) is 4.74 Å². The lowest BCUT2D eigenvalue weighted by Gasteiger charge is -2.36. The first kappa shape index (κ1) is 12.7. The maximum atomic E-state index is 12.1. The second kappa shape index (κ2) is 4.48. The summed E-state index contributed by atoms with van der Waals surface area (Å²) in [5.41, 5.74) is -0.464. The molecule has 1 saturated carbocycles. The summed E-state index contributed by atoms with van der Waals surface area (Å²) in [6.45, 7) is 6.34. The number of hydrogen-bond donors (Lipinski definition) is 1. The Hall–Kier alpha value is -0.770. The molecule has 1 N–H and O–H groups in total. The Kier molecular flexibility index (Phi) is 3.34. The number of rotatable bonds is 0. The minimum absolute atomic E-state index is 0.0152. The van der Waals surface area contributed by atoms with Crippen molar-refractivity contribution in [2.24, 2.45) is 5.92 Å². The molecule has 4 heteroatoms. The Morgan fingerprint density at radius 1 is 1.29 bits per heavy atom. The summed E-state index contributed by atoms with van der Waals surface area (Å²) in [7, 11) is 0. The molecule has 2 aliphatic rings. The van der Waals surface area contributed by atoms with Crippen LogP contribution in [0.1, 0.15) is 46.5 Å². The number of amides is 1. The van der Waals surface area contributed by atoms with E-state index >= 15 is 0 Å². The van der Waals surface area contributed by atoms with Gasteiger partial charge in [-0.3, -0.25) is 0 Å². The Labute approximate surface area is 103 Å². The van der Waals surface area contributed by atoms with E-state index in [1.165, 1.54) is 0 Å². The standard InChI is InChI=1S/C13H23NO3/c1-13(2,3)17-12(16)14-8-7-9-5-4-6-10(15)11(9)14/h9-11,15H,4-8H2,1-3H3/t9-,10+,11?/m0/s1. The number of fused-ring (bicyclic) bond motifs is 1. The summed E-state index contributed by atoms with van der Waals surface area (Å²) >= 11 is 0. The first-order valence-electron chi connectivity index (χ1n) is 6.56. The van der Waals surface area contributed by atoms with Crippen LogP contribution < -0.4 is 0 Å². The molecule has 0 radical (unpaired) electrons. The van der Waals surface area contributed by atoms with E-state index in [1.807, 2.05) is 20.8 Å². The molecule has 0 aromatic rings. The van der Waals surface area contributed by atoms with Gasteiger partial charge in [0, 0.05) is 6.54 Å². The highest BCUT2D eigenvalue weighted by molar-refractivity contribution is 5.69. The van der Waals surface area contributed by atoms with E-state index in [4.69, 9.17) is 4.74 Å². The van der Waals surface area contributed by atoms with Crippen LogP contribution in [0.25, 0.3) is 0 Å². The largest absolute Gasteiger partial charge is 0.444 e. The van der Waals surface area contributed by atoms with Crippen LogP contribution in [0.4, 0.5) is 4.79 Å². The van der Waals surface area contributed by atoms with Crippen molar-refractivity contribution in [1.82, 2.24) is 4.90 Å². The van der Waals surface area contributed by atoms with E-state index < -0.39 is 5.60 Å². The van der Waals surface area contributed by atoms with Gasteiger partial charge in [-0.1, -0.05) is 6.42 Å². The van der Waals surface area contributed by atoms with Gasteiger partial charge in [-0.25, -0.2) is 4.79 Å². The second-order valence-corrected chi connectivity index (χ2v) is 6.21. The molecule has 1 unspecified atom stereocenters. The SMILES string of the molecule is CC(C)(C)OC(=O)N1CC[C@@H]2CCC[C@@H](O)C21. The number of aliphatic hydroxyl groups is 1. The van der Waals surface area contributed by atoms with Crippen LogP contribution in [0.2, 0.25) is 0 Å². The number of hydrogen-bond acceptors (Lipinski definition) is 3. The lowest BCUT2D eigenvalue weighted by Crippen LogP contribution is -2.48. The normalized spacial score (nSPS) is 33.4. The summed E-state index contributed by atoms with van der Waals surface area (Å²) in [4.78, 5) is 13.8. The van der Waals surface area contributed by atoms with Crippen molar-refractivity contribution in [1.29, 1.82) is 0 Å². The molecule has 0 spiro atoms. The number of likely N-dealkylation sites (tertiary alicyclic amines) is 1. The van der Waals surface area contributed by atoms with Crippen molar-refractivity contribution in [3.05, 3.63) is 0 Å². The predicted molar refractivity (Wildman–Crippen MR) is 64.7 cm³/mol. The quantitative estimate of drug-likeness (QED) is 0.707. The maximum Gasteiger partial charge on any atom is 0.410 e. The molecule has 98 valence electrons. The van der Waals surface area contributed by atoms with E-state index in [9.17, 15) is 9.90 Å². The van der Waals surface area contributed by atoms with E-state index in [-0.39, 0.29) is 18.2 Å². The van der Waals surface area contributed by atoms with Crippen LogP contribution in [0.15, 0.2) is 0 Å². The monoisotopic (exact) mass is 241 g/mol. The second-order valence-electron chi connectivity index (χ2n) is 6.21. The van der Waals surface area contributed by atoms with Gasteiger partial charge in [0.25, 0.3) is 0 Å². The Bertz CT molecular complexity index is 298. The zero-order valence-electron chi connectivity index (χ0n) is 11.0. The fraction of sp³-hybridized carbons (Fsp3) is 0.923. The van der Waals surface area contributed by atoms with E-state index in [0.717, 1.165) is 32.2 Å². The lowest BCUT2D eigenvalue weighted by molar-refractivity contribution is -0.0109. The summed E-state index contributed by atoms with van der Waals surface area (Å²) in [6, 6.07) is -0.0152. The third kappa shape index (κ3) is 2.73. The number of carbonyl (C=O) groups excluding carboxylic acids is 1. The highest BCUT2D eigenvalue weighted by Crippen LogP contribution is 2.37. The number of carbonyl (C=O) groups is 1. The van der Waals surface area contributed by atoms with Crippen molar-refractivity contribution in [2.45, 2.75) is 64.2 Å². The molecule has 0 aromatic carbocycles. The number of ether oxygens (including phenoxy) is 1. The Morgan fingerprint density at radius 2 is 2.00 bits per heavy atom. The molecule has 0 aromatic heterocycles. The van der Waals surface area contributed by atoms with Crippen LogP contribution in [0, 0.1) is 5.92 Å². The fourth-order valence-electron chi connectivity index (χ4n) is 3.01. The van der Waals surface area contributed by atoms with Crippen LogP contribution in [-0.4, -0.2) is 40.4 Å². The Morgan fingerprint density at radius 3 is 2.65 bits per heavy atom. The number of nitrogens with zero attached hydrogens (tertiary/aromatic N) is 1. The topological polar surface area (TPSA) is 49.8 Å². The first-order chi connectivity index (χ1) is 7.88. The minimum atomic E-state index is -0.464. The van der Waals surface area contributed by atoms with Crippen LogP contribution in [0.3, 0.4) is 0 Å². The number of aliphatic hydroxyl groups excluding tert-OH is 1. The van der Waals surface area contributed by atoms with Gasteiger partial charge in [-0.05, 0) is 46.0 Å². The molecule has 4 nitrogen and oxygen atoms in total. The van der Waals surface area contributed by atoms with Crippen LogP contribution in [0.5, 0.6) is 0 Å².